The zero-order valence-electron chi connectivity index (χ0n) is 13.2. The molecule has 1 aromatic heterocycles. The topological polar surface area (TPSA) is 29.9 Å². The molecule has 1 N–H and O–H groups in total. The van der Waals surface area contributed by atoms with Crippen LogP contribution in [0.25, 0.3) is 0 Å². The van der Waals surface area contributed by atoms with Crippen LogP contribution in [0.15, 0.2) is 41.4 Å². The van der Waals surface area contributed by atoms with Crippen molar-refractivity contribution in [2.45, 2.75) is 49.9 Å². The molecule has 1 aromatic carbocycles. The molecule has 114 valence electrons. The third kappa shape index (κ3) is 4.61. The normalized spacial score (nSPS) is 11.2. The van der Waals surface area contributed by atoms with E-state index in [4.69, 9.17) is 5.10 Å². The summed E-state index contributed by atoms with van der Waals surface area (Å²) in [6.07, 6.45) is 4.39. The van der Waals surface area contributed by atoms with Gasteiger partial charge in [-0.15, -0.1) is 11.8 Å². The zero-order valence-corrected chi connectivity index (χ0v) is 14.0. The van der Waals surface area contributed by atoms with Gasteiger partial charge in [0.05, 0.1) is 11.7 Å². The van der Waals surface area contributed by atoms with Crippen LogP contribution in [0.4, 0.5) is 0 Å². The summed E-state index contributed by atoms with van der Waals surface area (Å²) < 4.78 is 2.12. The van der Waals surface area contributed by atoms with E-state index in [2.05, 4.69) is 60.4 Å². The molecule has 0 spiro atoms. The van der Waals surface area contributed by atoms with Crippen molar-refractivity contribution in [2.24, 2.45) is 0 Å². The SMILES string of the molecule is CCC(CC)n1ccc(CSc2ccc(CNC)cc2)n1. The van der Waals surface area contributed by atoms with Crippen molar-refractivity contribution in [2.75, 3.05) is 7.05 Å². The maximum absolute atomic E-state index is 4.70. The Hall–Kier alpha value is -1.26. The fraction of sp³-hybridized carbons (Fsp3) is 0.471. The zero-order chi connectivity index (χ0) is 15.1. The quantitative estimate of drug-likeness (QED) is 0.739. The summed E-state index contributed by atoms with van der Waals surface area (Å²) in [5.74, 6) is 0.929. The van der Waals surface area contributed by atoms with Crippen molar-refractivity contribution in [3.05, 3.63) is 47.8 Å². The van der Waals surface area contributed by atoms with E-state index in [1.54, 1.807) is 0 Å². The highest BCUT2D eigenvalue weighted by Crippen LogP contribution is 2.23. The smallest absolute Gasteiger partial charge is 0.0727 e. The van der Waals surface area contributed by atoms with Gasteiger partial charge in [0.2, 0.25) is 0 Å². The van der Waals surface area contributed by atoms with Gasteiger partial charge in [0.1, 0.15) is 0 Å². The van der Waals surface area contributed by atoms with E-state index in [-0.39, 0.29) is 0 Å². The molecule has 3 nitrogen and oxygen atoms in total. The van der Waals surface area contributed by atoms with E-state index < -0.39 is 0 Å². The van der Waals surface area contributed by atoms with Crippen molar-refractivity contribution < 1.29 is 0 Å². The van der Waals surface area contributed by atoms with Crippen molar-refractivity contribution in [1.29, 1.82) is 0 Å². The minimum Gasteiger partial charge on any atom is -0.316 e. The van der Waals surface area contributed by atoms with Gasteiger partial charge in [-0.25, -0.2) is 0 Å². The second-order valence-electron chi connectivity index (χ2n) is 5.22. The third-order valence-electron chi connectivity index (χ3n) is 3.67. The van der Waals surface area contributed by atoms with E-state index in [0.29, 0.717) is 6.04 Å². The first-order valence-electron chi connectivity index (χ1n) is 7.67. The summed E-state index contributed by atoms with van der Waals surface area (Å²) in [6, 6.07) is 11.4. The van der Waals surface area contributed by atoms with E-state index in [1.807, 2.05) is 18.8 Å². The summed E-state index contributed by atoms with van der Waals surface area (Å²) in [5.41, 5.74) is 2.48. The molecule has 1 heterocycles. The van der Waals surface area contributed by atoms with Gasteiger partial charge < -0.3 is 5.32 Å². The van der Waals surface area contributed by atoms with Crippen LogP contribution in [0.1, 0.15) is 44.0 Å². The number of hydrogen-bond acceptors (Lipinski definition) is 3. The highest BCUT2D eigenvalue weighted by molar-refractivity contribution is 7.98. The Labute approximate surface area is 132 Å². The molecule has 2 aromatic rings. The molecule has 2 rings (SSSR count). The highest BCUT2D eigenvalue weighted by Gasteiger charge is 2.08. The average molecular weight is 303 g/mol. The van der Waals surface area contributed by atoms with E-state index >= 15 is 0 Å². The molecule has 0 amide bonds. The van der Waals surface area contributed by atoms with Gasteiger partial charge in [0.15, 0.2) is 0 Å². The van der Waals surface area contributed by atoms with Gasteiger partial charge >= 0.3 is 0 Å². The van der Waals surface area contributed by atoms with Crippen LogP contribution in [0, 0.1) is 0 Å². The molecule has 0 aliphatic heterocycles. The lowest BCUT2D eigenvalue weighted by Crippen LogP contribution is -2.07. The Morgan fingerprint density at radius 1 is 1.14 bits per heavy atom. The number of thioether (sulfide) groups is 1. The fourth-order valence-corrected chi connectivity index (χ4v) is 3.18. The van der Waals surface area contributed by atoms with Gasteiger partial charge in [0.25, 0.3) is 0 Å². The molecule has 0 radical (unpaired) electrons. The van der Waals surface area contributed by atoms with Crippen molar-refractivity contribution in [1.82, 2.24) is 15.1 Å². The average Bonchev–Trinajstić information content (AvgIpc) is 2.97. The van der Waals surface area contributed by atoms with Crippen molar-refractivity contribution >= 4 is 11.8 Å². The van der Waals surface area contributed by atoms with Gasteiger partial charge in [-0.05, 0) is 43.7 Å². The monoisotopic (exact) mass is 303 g/mol. The number of rotatable bonds is 8. The van der Waals surface area contributed by atoms with Crippen molar-refractivity contribution in [3.63, 3.8) is 0 Å². The van der Waals surface area contributed by atoms with Crippen LogP contribution in [-0.4, -0.2) is 16.8 Å². The van der Waals surface area contributed by atoms with Gasteiger partial charge in [-0.3, -0.25) is 4.68 Å². The Kier molecular flexibility index (Phi) is 6.33. The Morgan fingerprint density at radius 3 is 2.48 bits per heavy atom. The summed E-state index contributed by atoms with van der Waals surface area (Å²) in [5, 5.41) is 7.87. The standard InChI is InChI=1S/C17H25N3S/c1-4-16(5-2)20-11-10-15(19-20)13-21-17-8-6-14(7-9-17)12-18-3/h6-11,16,18H,4-5,12-13H2,1-3H3. The first kappa shape index (κ1) is 16.1. The molecule has 0 saturated heterocycles. The van der Waals surface area contributed by atoms with Gasteiger partial charge in [-0.1, -0.05) is 26.0 Å². The largest absolute Gasteiger partial charge is 0.316 e. The molecule has 0 atom stereocenters. The summed E-state index contributed by atoms with van der Waals surface area (Å²) in [6.45, 7) is 5.36. The molecule has 0 unspecified atom stereocenters. The third-order valence-corrected chi connectivity index (χ3v) is 4.72. The highest BCUT2D eigenvalue weighted by atomic mass is 32.2. The molecule has 0 aliphatic rings. The van der Waals surface area contributed by atoms with Crippen molar-refractivity contribution in [3.8, 4) is 0 Å². The van der Waals surface area contributed by atoms with Gasteiger partial charge in [0, 0.05) is 23.4 Å². The predicted molar refractivity (Wildman–Crippen MR) is 90.6 cm³/mol. The first-order valence-corrected chi connectivity index (χ1v) is 8.65. The molecule has 4 heteroatoms. The van der Waals surface area contributed by atoms with Crippen LogP contribution in [0.5, 0.6) is 0 Å². The van der Waals surface area contributed by atoms with Gasteiger partial charge in [-0.2, -0.15) is 5.10 Å². The predicted octanol–water partition coefficient (Wildman–Crippen LogP) is 4.26. The molecule has 0 saturated carbocycles. The lowest BCUT2D eigenvalue weighted by Gasteiger charge is -2.12. The van der Waals surface area contributed by atoms with E-state index in [0.717, 1.165) is 30.8 Å². The lowest BCUT2D eigenvalue weighted by molar-refractivity contribution is 0.426. The first-order chi connectivity index (χ1) is 10.3. The summed E-state index contributed by atoms with van der Waals surface area (Å²) >= 11 is 1.84. The van der Waals surface area contributed by atoms with Crippen LogP contribution in [0.2, 0.25) is 0 Å². The summed E-state index contributed by atoms with van der Waals surface area (Å²) in [4.78, 5) is 1.30. The lowest BCUT2D eigenvalue weighted by atomic mass is 10.2. The van der Waals surface area contributed by atoms with E-state index in [9.17, 15) is 0 Å². The molecule has 0 bridgehead atoms. The Balaban J connectivity index is 1.90. The number of nitrogens with zero attached hydrogens (tertiary/aromatic N) is 2. The fourth-order valence-electron chi connectivity index (χ4n) is 2.39. The number of aromatic nitrogens is 2. The minimum absolute atomic E-state index is 0.532. The Morgan fingerprint density at radius 2 is 1.86 bits per heavy atom. The number of nitrogens with one attached hydrogen (secondary N) is 1. The Bertz CT molecular complexity index is 529. The maximum Gasteiger partial charge on any atom is 0.0727 e. The maximum atomic E-state index is 4.70. The van der Waals surface area contributed by atoms with Crippen LogP contribution in [0.3, 0.4) is 0 Å². The second-order valence-corrected chi connectivity index (χ2v) is 6.27. The molecular weight excluding hydrogens is 278 g/mol. The van der Waals surface area contributed by atoms with Crippen LogP contribution in [-0.2, 0) is 12.3 Å². The van der Waals surface area contributed by atoms with Crippen LogP contribution >= 0.6 is 11.8 Å². The molecular formula is C17H25N3S. The molecule has 0 fully saturated rings. The number of benzene rings is 1. The second kappa shape index (κ2) is 8.25. The van der Waals surface area contributed by atoms with E-state index in [1.165, 1.54) is 10.5 Å². The molecule has 0 aliphatic carbocycles. The minimum atomic E-state index is 0.532. The molecule has 21 heavy (non-hydrogen) atoms. The number of hydrogen-bond donors (Lipinski definition) is 1. The van der Waals surface area contributed by atoms with Crippen LogP contribution < -0.4 is 5.32 Å². The summed E-state index contributed by atoms with van der Waals surface area (Å²) in [7, 11) is 1.97.